The molecule has 2 rings (SSSR count). The second-order valence-electron chi connectivity index (χ2n) is 4.03. The first-order valence-electron chi connectivity index (χ1n) is 5.72. The Labute approximate surface area is 124 Å². The van der Waals surface area contributed by atoms with Gasteiger partial charge in [-0.15, -0.1) is 0 Å². The molecule has 5 heteroatoms. The zero-order valence-electron chi connectivity index (χ0n) is 10.3. The van der Waals surface area contributed by atoms with Crippen molar-refractivity contribution in [2.75, 3.05) is 0 Å². The minimum absolute atomic E-state index is 0.00896. The first-order chi connectivity index (χ1) is 9.60. The van der Waals surface area contributed by atoms with E-state index in [9.17, 15) is 15.4 Å². The number of hydrogen-bond acceptors (Lipinski definition) is 3. The van der Waals surface area contributed by atoms with Crippen LogP contribution in [0, 0.1) is 21.4 Å². The summed E-state index contributed by atoms with van der Waals surface area (Å²) in [4.78, 5) is 10.1. The van der Waals surface area contributed by atoms with E-state index in [0.717, 1.165) is 10.0 Å². The topological polar surface area (TPSA) is 66.9 Å². The Kier molecular flexibility index (Phi) is 4.28. The molecule has 0 atom stereocenters. The van der Waals surface area contributed by atoms with E-state index in [2.05, 4.69) is 22.0 Å². The van der Waals surface area contributed by atoms with Crippen molar-refractivity contribution < 1.29 is 4.92 Å². The normalized spacial score (nSPS) is 10.9. The summed E-state index contributed by atoms with van der Waals surface area (Å²) in [5.74, 6) is 0. The molecule has 0 bridgehead atoms. The number of non-ortho nitro benzene ring substituents is 1. The molecule has 0 aromatic heterocycles. The first-order valence-corrected chi connectivity index (χ1v) is 6.51. The zero-order valence-corrected chi connectivity index (χ0v) is 11.9. The summed E-state index contributed by atoms with van der Waals surface area (Å²) in [5.41, 5.74) is 2.01. The zero-order chi connectivity index (χ0) is 14.5. The Morgan fingerprint density at radius 1 is 1.15 bits per heavy atom. The third-order valence-electron chi connectivity index (χ3n) is 2.69. The molecule has 2 aromatic carbocycles. The van der Waals surface area contributed by atoms with Gasteiger partial charge in [0.1, 0.15) is 0 Å². The molecule has 0 spiro atoms. The first kappa shape index (κ1) is 14.0. The van der Waals surface area contributed by atoms with Gasteiger partial charge < -0.3 is 0 Å². The predicted octanol–water partition coefficient (Wildman–Crippen LogP) is 4.42. The van der Waals surface area contributed by atoms with E-state index in [1.54, 1.807) is 18.2 Å². The molecule has 0 amide bonds. The van der Waals surface area contributed by atoms with Gasteiger partial charge in [0.05, 0.1) is 16.6 Å². The second-order valence-corrected chi connectivity index (χ2v) is 4.94. The third kappa shape index (κ3) is 3.31. The van der Waals surface area contributed by atoms with Gasteiger partial charge in [-0.1, -0.05) is 28.1 Å². The van der Waals surface area contributed by atoms with Crippen molar-refractivity contribution in [3.8, 4) is 6.07 Å². The van der Waals surface area contributed by atoms with Crippen LogP contribution in [0.15, 0.2) is 53.0 Å². The van der Waals surface area contributed by atoms with E-state index in [1.807, 2.05) is 24.3 Å². The summed E-state index contributed by atoms with van der Waals surface area (Å²) >= 11 is 3.35. The van der Waals surface area contributed by atoms with Crippen molar-refractivity contribution in [2.45, 2.75) is 0 Å². The minimum Gasteiger partial charge on any atom is -0.258 e. The highest BCUT2D eigenvalue weighted by atomic mass is 79.9. The summed E-state index contributed by atoms with van der Waals surface area (Å²) in [6, 6.07) is 15.6. The third-order valence-corrected chi connectivity index (χ3v) is 3.22. The van der Waals surface area contributed by atoms with Crippen LogP contribution >= 0.6 is 15.9 Å². The number of nitrogens with zero attached hydrogens (tertiary/aromatic N) is 2. The van der Waals surface area contributed by atoms with Gasteiger partial charge in [0.2, 0.25) is 0 Å². The van der Waals surface area contributed by atoms with Crippen LogP contribution in [0.4, 0.5) is 5.69 Å². The van der Waals surface area contributed by atoms with Gasteiger partial charge >= 0.3 is 0 Å². The smallest absolute Gasteiger partial charge is 0.258 e. The van der Waals surface area contributed by atoms with Gasteiger partial charge in [0.15, 0.2) is 0 Å². The Bertz CT molecular complexity index is 698. The lowest BCUT2D eigenvalue weighted by Gasteiger charge is -2.00. The van der Waals surface area contributed by atoms with Crippen LogP contribution in [0.1, 0.15) is 11.1 Å². The fourth-order valence-electron chi connectivity index (χ4n) is 1.67. The highest BCUT2D eigenvalue weighted by molar-refractivity contribution is 9.10. The van der Waals surface area contributed by atoms with Crippen LogP contribution in [-0.2, 0) is 0 Å². The molecule has 0 fully saturated rings. The average molecular weight is 329 g/mol. The number of benzene rings is 2. The van der Waals surface area contributed by atoms with Gasteiger partial charge in [0, 0.05) is 16.6 Å². The Morgan fingerprint density at radius 3 is 2.25 bits per heavy atom. The highest BCUT2D eigenvalue weighted by Crippen LogP contribution is 2.21. The number of rotatable bonds is 3. The molecule has 0 heterocycles. The molecule has 0 N–H and O–H groups in total. The van der Waals surface area contributed by atoms with Crippen molar-refractivity contribution in [2.24, 2.45) is 0 Å². The summed E-state index contributed by atoms with van der Waals surface area (Å²) in [7, 11) is 0. The standard InChI is InChI=1S/C15H9BrN2O2/c16-14-5-1-11(2-6-14)9-13(10-17)12-3-7-15(8-4-12)18(19)20/h1-9H. The maximum Gasteiger partial charge on any atom is 0.269 e. The van der Waals surface area contributed by atoms with Crippen molar-refractivity contribution in [1.82, 2.24) is 0 Å². The predicted molar refractivity (Wildman–Crippen MR) is 80.7 cm³/mol. The highest BCUT2D eigenvalue weighted by Gasteiger charge is 2.06. The Hall–Kier alpha value is -2.45. The lowest BCUT2D eigenvalue weighted by Crippen LogP contribution is -1.88. The average Bonchev–Trinajstić information content (AvgIpc) is 2.47. The number of allylic oxidation sites excluding steroid dienone is 1. The van der Waals surface area contributed by atoms with Crippen LogP contribution in [0.5, 0.6) is 0 Å². The quantitative estimate of drug-likeness (QED) is 0.362. The van der Waals surface area contributed by atoms with Crippen molar-refractivity contribution in [1.29, 1.82) is 5.26 Å². The molecule has 0 aliphatic heterocycles. The van der Waals surface area contributed by atoms with Crippen LogP contribution in [0.2, 0.25) is 0 Å². The molecule has 98 valence electrons. The lowest BCUT2D eigenvalue weighted by molar-refractivity contribution is -0.384. The van der Waals surface area contributed by atoms with Crippen LogP contribution in [-0.4, -0.2) is 4.92 Å². The van der Waals surface area contributed by atoms with Gasteiger partial charge in [-0.05, 0) is 41.5 Å². The molecule has 0 saturated carbocycles. The van der Waals surface area contributed by atoms with E-state index in [1.165, 1.54) is 12.1 Å². The van der Waals surface area contributed by atoms with Crippen molar-refractivity contribution >= 4 is 33.3 Å². The molecule has 0 radical (unpaired) electrons. The molecule has 0 aliphatic carbocycles. The SMILES string of the molecule is N#CC(=Cc1ccc(Br)cc1)c1ccc([N+](=O)[O-])cc1. The van der Waals surface area contributed by atoms with E-state index in [-0.39, 0.29) is 5.69 Å². The van der Waals surface area contributed by atoms with Crippen LogP contribution in [0.3, 0.4) is 0 Å². The molecule has 0 aliphatic rings. The van der Waals surface area contributed by atoms with Crippen molar-refractivity contribution in [3.63, 3.8) is 0 Å². The number of nitro groups is 1. The van der Waals surface area contributed by atoms with Crippen LogP contribution in [0.25, 0.3) is 11.6 Å². The van der Waals surface area contributed by atoms with Crippen LogP contribution < -0.4 is 0 Å². The van der Waals surface area contributed by atoms with E-state index in [4.69, 9.17) is 0 Å². The summed E-state index contributed by atoms with van der Waals surface area (Å²) < 4.78 is 0.962. The Morgan fingerprint density at radius 2 is 1.75 bits per heavy atom. The molecular formula is C15H9BrN2O2. The fraction of sp³-hybridized carbons (Fsp3) is 0. The monoisotopic (exact) mass is 328 g/mol. The van der Waals surface area contributed by atoms with Crippen molar-refractivity contribution in [3.05, 3.63) is 74.2 Å². The second kappa shape index (κ2) is 6.13. The van der Waals surface area contributed by atoms with Gasteiger partial charge in [-0.25, -0.2) is 0 Å². The number of nitro benzene ring substituents is 1. The molecule has 4 nitrogen and oxygen atoms in total. The van der Waals surface area contributed by atoms with E-state index < -0.39 is 4.92 Å². The maximum absolute atomic E-state index is 10.6. The van der Waals surface area contributed by atoms with Gasteiger partial charge in [-0.3, -0.25) is 10.1 Å². The number of nitriles is 1. The molecular weight excluding hydrogens is 320 g/mol. The Balaban J connectivity index is 2.35. The fourth-order valence-corrected chi connectivity index (χ4v) is 1.93. The molecule has 0 saturated heterocycles. The van der Waals surface area contributed by atoms with E-state index >= 15 is 0 Å². The number of halogens is 1. The molecule has 2 aromatic rings. The summed E-state index contributed by atoms with van der Waals surface area (Å²) in [6.07, 6.45) is 1.74. The van der Waals surface area contributed by atoms with Gasteiger partial charge in [-0.2, -0.15) is 5.26 Å². The summed E-state index contributed by atoms with van der Waals surface area (Å²) in [6.45, 7) is 0. The van der Waals surface area contributed by atoms with E-state index in [0.29, 0.717) is 11.1 Å². The number of hydrogen-bond donors (Lipinski definition) is 0. The van der Waals surface area contributed by atoms with Gasteiger partial charge in [0.25, 0.3) is 5.69 Å². The summed E-state index contributed by atoms with van der Waals surface area (Å²) in [5, 5.41) is 19.8. The molecule has 20 heavy (non-hydrogen) atoms. The maximum atomic E-state index is 10.6. The largest absolute Gasteiger partial charge is 0.269 e. The minimum atomic E-state index is -0.464. The molecule has 0 unspecified atom stereocenters. The lowest BCUT2D eigenvalue weighted by atomic mass is 10.0.